The van der Waals surface area contributed by atoms with Crippen LogP contribution in [-0.4, -0.2) is 39.0 Å². The fourth-order valence-electron chi connectivity index (χ4n) is 2.92. The monoisotopic (exact) mass is 438 g/mol. The number of nitrogens with one attached hydrogen (secondary N) is 1. The molecule has 9 heteroatoms. The molecule has 0 radical (unpaired) electrons. The molecule has 1 N–H and O–H groups in total. The van der Waals surface area contributed by atoms with E-state index in [2.05, 4.69) is 27.0 Å². The number of benzene rings is 1. The fraction of sp³-hybridized carbons (Fsp3) is 0.182. The van der Waals surface area contributed by atoms with Crippen molar-refractivity contribution in [3.8, 4) is 5.69 Å². The Morgan fingerprint density at radius 3 is 2.52 bits per heavy atom. The highest BCUT2D eigenvalue weighted by Crippen LogP contribution is 2.24. The number of hydrogen-bond acceptors (Lipinski definition) is 6. The summed E-state index contributed by atoms with van der Waals surface area (Å²) in [4.78, 5) is 21.5. The first-order valence-electron chi connectivity index (χ1n) is 9.48. The van der Waals surface area contributed by atoms with E-state index in [1.54, 1.807) is 54.5 Å². The van der Waals surface area contributed by atoms with Crippen molar-refractivity contribution in [3.63, 3.8) is 0 Å². The predicted octanol–water partition coefficient (Wildman–Crippen LogP) is 3.88. The molecule has 0 bridgehead atoms. The Balaban J connectivity index is 1.77. The molecule has 0 spiro atoms. The molecule has 31 heavy (non-hydrogen) atoms. The van der Waals surface area contributed by atoms with Gasteiger partial charge in [0, 0.05) is 48.9 Å². The molecule has 3 rings (SSSR count). The van der Waals surface area contributed by atoms with Crippen LogP contribution in [0.5, 0.6) is 0 Å². The summed E-state index contributed by atoms with van der Waals surface area (Å²) in [6.07, 6.45) is 10.3. The first-order chi connectivity index (χ1) is 15.0. The largest absolute Gasteiger partial charge is 0.348 e. The van der Waals surface area contributed by atoms with Gasteiger partial charge in [0.05, 0.1) is 17.6 Å². The van der Waals surface area contributed by atoms with Gasteiger partial charge >= 0.3 is 0 Å². The van der Waals surface area contributed by atoms with Crippen LogP contribution < -0.4 is 9.62 Å². The average molecular weight is 439 g/mol. The average Bonchev–Trinajstić information content (AvgIpc) is 3.22. The van der Waals surface area contributed by atoms with Gasteiger partial charge in [-0.2, -0.15) is 5.10 Å². The van der Waals surface area contributed by atoms with Gasteiger partial charge in [0.2, 0.25) is 5.95 Å². The van der Waals surface area contributed by atoms with Gasteiger partial charge in [0.25, 0.3) is 5.91 Å². The SMILES string of the molecule is C=Cc1c(/C(=C\C)C(=O)NCc2cnc(N(C)SC)nc2)cnn1-c1ccc(F)cc1. The molecule has 0 saturated carbocycles. The second kappa shape index (κ2) is 10.0. The van der Waals surface area contributed by atoms with E-state index in [0.717, 1.165) is 5.56 Å². The van der Waals surface area contributed by atoms with Crippen LogP contribution in [0.3, 0.4) is 0 Å². The quantitative estimate of drug-likeness (QED) is 0.425. The lowest BCUT2D eigenvalue weighted by Crippen LogP contribution is -2.24. The smallest absolute Gasteiger partial charge is 0.251 e. The van der Waals surface area contributed by atoms with Gasteiger partial charge in [-0.05, 0) is 37.3 Å². The molecular weight excluding hydrogens is 415 g/mol. The van der Waals surface area contributed by atoms with E-state index in [9.17, 15) is 9.18 Å². The predicted molar refractivity (Wildman–Crippen MR) is 123 cm³/mol. The first-order valence-corrected chi connectivity index (χ1v) is 10.7. The molecule has 2 aromatic heterocycles. The zero-order valence-electron chi connectivity index (χ0n) is 17.5. The normalized spacial score (nSPS) is 11.3. The standard InChI is InChI=1S/C22H23FN6OS/c1-5-18(21(30)24-11-15-12-25-22(26-13-15)28(3)31-4)19-14-27-29(20(19)6-2)17-9-7-16(23)8-10-17/h5-10,12-14H,2,11H2,1,3-4H3,(H,24,30)/b18-5+. The summed E-state index contributed by atoms with van der Waals surface area (Å²) in [6, 6.07) is 5.95. The summed E-state index contributed by atoms with van der Waals surface area (Å²) in [5.41, 5.74) is 3.19. The van der Waals surface area contributed by atoms with E-state index >= 15 is 0 Å². The Kier molecular flexibility index (Phi) is 7.19. The van der Waals surface area contributed by atoms with Crippen LogP contribution >= 0.6 is 11.9 Å². The Labute approximate surface area is 184 Å². The molecule has 7 nitrogen and oxygen atoms in total. The third kappa shape index (κ3) is 5.00. The van der Waals surface area contributed by atoms with Crippen molar-refractivity contribution in [2.45, 2.75) is 13.5 Å². The number of anilines is 1. The molecule has 0 unspecified atom stereocenters. The number of rotatable bonds is 8. The van der Waals surface area contributed by atoms with E-state index < -0.39 is 0 Å². The third-order valence-corrected chi connectivity index (χ3v) is 5.31. The lowest BCUT2D eigenvalue weighted by molar-refractivity contribution is -0.115. The maximum Gasteiger partial charge on any atom is 0.251 e. The third-order valence-electron chi connectivity index (χ3n) is 4.59. The highest BCUT2D eigenvalue weighted by molar-refractivity contribution is 7.99. The molecule has 1 aromatic carbocycles. The van der Waals surface area contributed by atoms with Crippen molar-refractivity contribution in [2.24, 2.45) is 0 Å². The van der Waals surface area contributed by atoms with Crippen molar-refractivity contribution in [3.05, 3.63) is 78.1 Å². The lowest BCUT2D eigenvalue weighted by Gasteiger charge is -2.13. The summed E-state index contributed by atoms with van der Waals surface area (Å²) >= 11 is 1.51. The molecule has 0 aliphatic carbocycles. The number of allylic oxidation sites excluding steroid dienone is 1. The minimum atomic E-state index is -0.332. The Bertz CT molecular complexity index is 1090. The lowest BCUT2D eigenvalue weighted by atomic mass is 10.1. The van der Waals surface area contributed by atoms with E-state index in [4.69, 9.17) is 0 Å². The van der Waals surface area contributed by atoms with Crippen LogP contribution in [-0.2, 0) is 11.3 Å². The van der Waals surface area contributed by atoms with Crippen LogP contribution in [0, 0.1) is 5.82 Å². The van der Waals surface area contributed by atoms with Gasteiger partial charge in [-0.25, -0.2) is 19.0 Å². The van der Waals surface area contributed by atoms with E-state index in [1.807, 2.05) is 17.6 Å². The van der Waals surface area contributed by atoms with E-state index in [0.29, 0.717) is 28.5 Å². The molecular formula is C22H23FN6OS. The molecule has 3 aromatic rings. The summed E-state index contributed by atoms with van der Waals surface area (Å²) in [5.74, 6) is 0.0111. The van der Waals surface area contributed by atoms with Gasteiger partial charge in [-0.15, -0.1) is 0 Å². The van der Waals surface area contributed by atoms with Gasteiger partial charge < -0.3 is 5.32 Å². The van der Waals surface area contributed by atoms with Crippen LogP contribution in [0.25, 0.3) is 17.3 Å². The van der Waals surface area contributed by atoms with Crippen molar-refractivity contribution >= 4 is 35.5 Å². The summed E-state index contributed by atoms with van der Waals surface area (Å²) in [5, 5.41) is 7.26. The van der Waals surface area contributed by atoms with Crippen molar-refractivity contribution in [1.29, 1.82) is 0 Å². The topological polar surface area (TPSA) is 75.9 Å². The minimum Gasteiger partial charge on any atom is -0.348 e. The summed E-state index contributed by atoms with van der Waals surface area (Å²) in [7, 11) is 1.88. The molecule has 0 saturated heterocycles. The van der Waals surface area contributed by atoms with Crippen LogP contribution in [0.15, 0.2) is 55.5 Å². The van der Waals surface area contributed by atoms with Gasteiger partial charge in [0.15, 0.2) is 0 Å². The Morgan fingerprint density at radius 1 is 1.26 bits per heavy atom. The van der Waals surface area contributed by atoms with E-state index in [1.165, 1.54) is 24.1 Å². The fourth-order valence-corrected chi connectivity index (χ4v) is 3.18. The van der Waals surface area contributed by atoms with Crippen LogP contribution in [0.4, 0.5) is 10.3 Å². The molecule has 1 amide bonds. The molecule has 160 valence electrons. The van der Waals surface area contributed by atoms with Gasteiger partial charge in [-0.1, -0.05) is 24.6 Å². The number of hydrogen-bond donors (Lipinski definition) is 1. The zero-order chi connectivity index (χ0) is 22.4. The van der Waals surface area contributed by atoms with E-state index in [-0.39, 0.29) is 18.3 Å². The first kappa shape index (κ1) is 22.2. The number of nitrogens with zero attached hydrogens (tertiary/aromatic N) is 5. The molecule has 0 aliphatic heterocycles. The van der Waals surface area contributed by atoms with Crippen LogP contribution in [0.1, 0.15) is 23.7 Å². The van der Waals surface area contributed by atoms with Gasteiger partial charge in [0.1, 0.15) is 5.82 Å². The second-order valence-electron chi connectivity index (χ2n) is 6.49. The Morgan fingerprint density at radius 2 is 1.94 bits per heavy atom. The number of amides is 1. The van der Waals surface area contributed by atoms with Crippen LogP contribution in [0.2, 0.25) is 0 Å². The number of aromatic nitrogens is 4. The maximum absolute atomic E-state index is 13.3. The van der Waals surface area contributed by atoms with Crippen molar-refractivity contribution in [1.82, 2.24) is 25.1 Å². The zero-order valence-corrected chi connectivity index (χ0v) is 18.4. The molecule has 0 fully saturated rings. The highest BCUT2D eigenvalue weighted by Gasteiger charge is 2.18. The van der Waals surface area contributed by atoms with Gasteiger partial charge in [-0.3, -0.25) is 9.10 Å². The number of carbonyl (C=O) groups excluding carboxylic acids is 1. The molecule has 0 atom stereocenters. The summed E-state index contributed by atoms with van der Waals surface area (Å²) in [6.45, 7) is 5.92. The molecule has 2 heterocycles. The number of halogens is 1. The highest BCUT2D eigenvalue weighted by atomic mass is 32.2. The minimum absolute atomic E-state index is 0.255. The van der Waals surface area contributed by atoms with Crippen molar-refractivity contribution < 1.29 is 9.18 Å². The second-order valence-corrected chi connectivity index (χ2v) is 7.41. The Hall–Kier alpha value is -3.46. The number of carbonyl (C=O) groups is 1. The van der Waals surface area contributed by atoms with Crippen molar-refractivity contribution in [2.75, 3.05) is 17.6 Å². The maximum atomic E-state index is 13.3. The summed E-state index contributed by atoms with van der Waals surface area (Å²) < 4.78 is 16.7. The molecule has 0 aliphatic rings.